The Morgan fingerprint density at radius 3 is 1.50 bits per heavy atom. The number of nitrogens with zero attached hydrogens (tertiary/aromatic N) is 4. The van der Waals surface area contributed by atoms with Gasteiger partial charge in [-0.2, -0.15) is 0 Å². The first kappa shape index (κ1) is 14.6. The Kier molecular flexibility index (Phi) is 4.15. The van der Waals surface area contributed by atoms with Crippen LogP contribution in [-0.4, -0.2) is 31.8 Å². The Balaban J connectivity index is 2.48. The van der Waals surface area contributed by atoms with E-state index in [-0.39, 0.29) is 0 Å². The Hall–Kier alpha value is -1.80. The van der Waals surface area contributed by atoms with Crippen LogP contribution < -0.4 is 0 Å². The van der Waals surface area contributed by atoms with Gasteiger partial charge in [0.2, 0.25) is 0 Å². The molecule has 2 aromatic heterocycles. The molecule has 2 heterocycles. The topological polar surface area (TPSA) is 91.0 Å². The van der Waals surface area contributed by atoms with E-state index in [1.165, 1.54) is 22.7 Å². The van der Waals surface area contributed by atoms with Crippen molar-refractivity contribution < 1.29 is 10.4 Å². The SMILES string of the molecule is C/C(=N/O)c1sc(-c2nc(C)c(/C(C)=N\O)s2)nc1C. The van der Waals surface area contributed by atoms with E-state index in [9.17, 15) is 0 Å². The molecule has 0 aromatic carbocycles. The van der Waals surface area contributed by atoms with Crippen LogP contribution in [0.4, 0.5) is 0 Å². The quantitative estimate of drug-likeness (QED) is 0.517. The molecule has 0 saturated carbocycles. The van der Waals surface area contributed by atoms with Crippen molar-refractivity contribution in [3.05, 3.63) is 21.1 Å². The van der Waals surface area contributed by atoms with Gasteiger partial charge in [-0.1, -0.05) is 10.3 Å². The molecule has 0 atom stereocenters. The van der Waals surface area contributed by atoms with E-state index in [0.717, 1.165) is 31.2 Å². The summed E-state index contributed by atoms with van der Waals surface area (Å²) in [5.74, 6) is 0. The number of hydrogen-bond acceptors (Lipinski definition) is 8. The molecule has 2 N–H and O–H groups in total. The maximum atomic E-state index is 8.86. The summed E-state index contributed by atoms with van der Waals surface area (Å²) >= 11 is 2.86. The normalized spacial score (nSPS) is 13.0. The lowest BCUT2D eigenvalue weighted by Crippen LogP contribution is -1.92. The van der Waals surface area contributed by atoms with E-state index in [1.807, 2.05) is 13.8 Å². The van der Waals surface area contributed by atoms with Gasteiger partial charge in [0, 0.05) is 0 Å². The van der Waals surface area contributed by atoms with Crippen molar-refractivity contribution in [2.45, 2.75) is 27.7 Å². The number of oxime groups is 2. The van der Waals surface area contributed by atoms with Gasteiger partial charge >= 0.3 is 0 Å². The molecule has 2 rings (SSSR count). The van der Waals surface area contributed by atoms with E-state index < -0.39 is 0 Å². The zero-order valence-electron chi connectivity index (χ0n) is 11.5. The van der Waals surface area contributed by atoms with E-state index in [4.69, 9.17) is 10.4 Å². The number of hydrogen-bond donors (Lipinski definition) is 2. The van der Waals surface area contributed by atoms with Crippen molar-refractivity contribution in [2.75, 3.05) is 0 Å². The molecular formula is C12H14N4O2S2. The van der Waals surface area contributed by atoms with Crippen LogP contribution in [0.5, 0.6) is 0 Å². The zero-order valence-corrected chi connectivity index (χ0v) is 13.1. The van der Waals surface area contributed by atoms with Crippen molar-refractivity contribution in [2.24, 2.45) is 10.3 Å². The Morgan fingerprint density at radius 2 is 1.20 bits per heavy atom. The lowest BCUT2D eigenvalue weighted by Gasteiger charge is -1.91. The average molecular weight is 310 g/mol. The van der Waals surface area contributed by atoms with Crippen LogP contribution in [0.25, 0.3) is 10.0 Å². The van der Waals surface area contributed by atoms with Crippen molar-refractivity contribution in [3.8, 4) is 10.0 Å². The summed E-state index contributed by atoms with van der Waals surface area (Å²) in [6.45, 7) is 7.19. The fourth-order valence-electron chi connectivity index (χ4n) is 1.74. The van der Waals surface area contributed by atoms with Crippen LogP contribution in [0.1, 0.15) is 35.0 Å². The molecule has 0 saturated heterocycles. The minimum atomic E-state index is 0.535. The van der Waals surface area contributed by atoms with Gasteiger partial charge in [0.15, 0.2) is 10.0 Å². The van der Waals surface area contributed by atoms with Gasteiger partial charge in [-0.3, -0.25) is 0 Å². The predicted octanol–water partition coefficient (Wildman–Crippen LogP) is 3.28. The third-order valence-electron chi connectivity index (χ3n) is 2.73. The predicted molar refractivity (Wildman–Crippen MR) is 80.7 cm³/mol. The zero-order chi connectivity index (χ0) is 14.9. The summed E-state index contributed by atoms with van der Waals surface area (Å²) in [4.78, 5) is 10.6. The number of thiazole rings is 2. The van der Waals surface area contributed by atoms with Crippen LogP contribution in [0, 0.1) is 13.8 Å². The largest absolute Gasteiger partial charge is 0.411 e. The van der Waals surface area contributed by atoms with E-state index in [2.05, 4.69) is 20.3 Å². The van der Waals surface area contributed by atoms with Crippen molar-refractivity contribution in [1.29, 1.82) is 0 Å². The van der Waals surface area contributed by atoms with Crippen LogP contribution in [0.3, 0.4) is 0 Å². The fourth-order valence-corrected chi connectivity index (χ4v) is 3.77. The monoisotopic (exact) mass is 310 g/mol. The third-order valence-corrected chi connectivity index (χ3v) is 5.41. The standard InChI is InChI=1S/C12H14N4O2S2/c1-5-9(7(3)15-17)19-11(13-5)12-14-6(2)10(20-12)8(4)16-18/h17-18H,1-4H3/b15-7-,16-8-. The summed E-state index contributed by atoms with van der Waals surface area (Å²) in [6, 6.07) is 0. The number of rotatable bonds is 3. The second kappa shape index (κ2) is 5.68. The molecule has 0 radical (unpaired) electrons. The molecule has 20 heavy (non-hydrogen) atoms. The maximum Gasteiger partial charge on any atom is 0.153 e. The summed E-state index contributed by atoms with van der Waals surface area (Å²) in [5, 5.41) is 25.7. The molecule has 0 aliphatic carbocycles. The third kappa shape index (κ3) is 2.56. The minimum absolute atomic E-state index is 0.535. The molecule has 0 fully saturated rings. The first-order valence-electron chi connectivity index (χ1n) is 5.81. The molecule has 2 aromatic rings. The molecule has 0 unspecified atom stereocenters. The number of aryl methyl sites for hydroxylation is 2. The molecule has 0 spiro atoms. The van der Waals surface area contributed by atoms with Gasteiger partial charge in [-0.25, -0.2) is 9.97 Å². The Morgan fingerprint density at radius 1 is 0.850 bits per heavy atom. The van der Waals surface area contributed by atoms with Gasteiger partial charge in [-0.05, 0) is 27.7 Å². The van der Waals surface area contributed by atoms with Crippen molar-refractivity contribution in [3.63, 3.8) is 0 Å². The summed E-state index contributed by atoms with van der Waals surface area (Å²) < 4.78 is 0. The molecule has 106 valence electrons. The molecule has 0 bridgehead atoms. The first-order chi connectivity index (χ1) is 9.47. The molecule has 8 heteroatoms. The van der Waals surface area contributed by atoms with Gasteiger partial charge in [-0.15, -0.1) is 22.7 Å². The van der Waals surface area contributed by atoms with Crippen LogP contribution in [0.2, 0.25) is 0 Å². The highest BCUT2D eigenvalue weighted by Gasteiger charge is 2.17. The number of aromatic nitrogens is 2. The molecule has 0 aliphatic heterocycles. The Bertz CT molecular complexity index is 640. The van der Waals surface area contributed by atoms with Crippen LogP contribution in [-0.2, 0) is 0 Å². The van der Waals surface area contributed by atoms with E-state index >= 15 is 0 Å². The van der Waals surface area contributed by atoms with E-state index in [1.54, 1.807) is 13.8 Å². The van der Waals surface area contributed by atoms with Crippen LogP contribution >= 0.6 is 22.7 Å². The van der Waals surface area contributed by atoms with Gasteiger partial charge in [0.25, 0.3) is 0 Å². The minimum Gasteiger partial charge on any atom is -0.411 e. The smallest absolute Gasteiger partial charge is 0.153 e. The first-order valence-corrected chi connectivity index (χ1v) is 7.44. The summed E-state index contributed by atoms with van der Waals surface area (Å²) in [6.07, 6.45) is 0. The fraction of sp³-hybridized carbons (Fsp3) is 0.333. The highest BCUT2D eigenvalue weighted by atomic mass is 32.1. The van der Waals surface area contributed by atoms with Crippen molar-refractivity contribution >= 4 is 34.1 Å². The second-order valence-electron chi connectivity index (χ2n) is 4.24. The molecule has 6 nitrogen and oxygen atoms in total. The van der Waals surface area contributed by atoms with Crippen molar-refractivity contribution in [1.82, 2.24) is 9.97 Å². The average Bonchev–Trinajstić information content (AvgIpc) is 3.00. The lowest BCUT2D eigenvalue weighted by molar-refractivity contribution is 0.319. The van der Waals surface area contributed by atoms with E-state index in [0.29, 0.717) is 11.4 Å². The maximum absolute atomic E-state index is 8.86. The highest BCUT2D eigenvalue weighted by molar-refractivity contribution is 7.23. The summed E-state index contributed by atoms with van der Waals surface area (Å²) in [5.41, 5.74) is 2.69. The second-order valence-corrected chi connectivity index (χ2v) is 6.24. The molecular weight excluding hydrogens is 296 g/mol. The van der Waals surface area contributed by atoms with Gasteiger partial charge < -0.3 is 10.4 Å². The Labute approximate surface area is 124 Å². The van der Waals surface area contributed by atoms with Crippen LogP contribution in [0.15, 0.2) is 10.3 Å². The molecule has 0 amide bonds. The van der Waals surface area contributed by atoms with Gasteiger partial charge in [0.05, 0.1) is 32.6 Å². The lowest BCUT2D eigenvalue weighted by atomic mass is 10.3. The molecule has 0 aliphatic rings. The summed E-state index contributed by atoms with van der Waals surface area (Å²) in [7, 11) is 0. The van der Waals surface area contributed by atoms with Gasteiger partial charge in [0.1, 0.15) is 0 Å². The highest BCUT2D eigenvalue weighted by Crippen LogP contribution is 2.33.